The lowest BCUT2D eigenvalue weighted by atomic mass is 10.2. The fourth-order valence-corrected chi connectivity index (χ4v) is 2.24. The molecule has 0 unspecified atom stereocenters. The highest BCUT2D eigenvalue weighted by Gasteiger charge is 2.20. The first-order chi connectivity index (χ1) is 8.36. The molecule has 6 heteroatoms. The average Bonchev–Trinajstić information content (AvgIpc) is 2.35. The third-order valence-electron chi connectivity index (χ3n) is 2.57. The summed E-state index contributed by atoms with van der Waals surface area (Å²) in [6.07, 6.45) is -1.87. The van der Waals surface area contributed by atoms with Crippen LogP contribution in [0.2, 0.25) is 0 Å². The molecule has 1 rings (SSSR count). The highest BCUT2D eigenvalue weighted by atomic mass is 32.2. The predicted octanol–water partition coefficient (Wildman–Crippen LogP) is 0.832. The van der Waals surface area contributed by atoms with Crippen molar-refractivity contribution in [1.29, 1.82) is 0 Å². The van der Waals surface area contributed by atoms with Gasteiger partial charge in [-0.05, 0) is 25.5 Å². The molecule has 0 heterocycles. The second-order valence-corrected chi connectivity index (χ2v) is 5.71. The van der Waals surface area contributed by atoms with Crippen molar-refractivity contribution in [3.8, 4) is 0 Å². The third kappa shape index (κ3) is 4.06. The molecule has 5 nitrogen and oxygen atoms in total. The van der Waals surface area contributed by atoms with Crippen molar-refractivity contribution in [2.75, 3.05) is 6.61 Å². The Balaban J connectivity index is 2.68. The zero-order valence-corrected chi connectivity index (χ0v) is 11.2. The van der Waals surface area contributed by atoms with E-state index < -0.39 is 28.9 Å². The van der Waals surface area contributed by atoms with E-state index in [1.165, 1.54) is 12.1 Å². The summed E-state index contributed by atoms with van der Waals surface area (Å²) < 4.78 is 28.2. The summed E-state index contributed by atoms with van der Waals surface area (Å²) in [7, 11) is -3.88. The van der Waals surface area contributed by atoms with Crippen LogP contribution in [-0.4, -0.2) is 37.4 Å². The molecule has 2 atom stereocenters. The van der Waals surface area contributed by atoms with Gasteiger partial charge in [0.25, 0.3) is 10.1 Å². The molecule has 0 fully saturated rings. The van der Waals surface area contributed by atoms with Gasteiger partial charge in [-0.3, -0.25) is 4.18 Å². The van der Waals surface area contributed by atoms with Gasteiger partial charge in [0.2, 0.25) is 0 Å². The van der Waals surface area contributed by atoms with Gasteiger partial charge in [0.05, 0.1) is 17.6 Å². The minimum absolute atomic E-state index is 0.0336. The van der Waals surface area contributed by atoms with E-state index in [2.05, 4.69) is 0 Å². The second kappa shape index (κ2) is 6.29. The number of benzene rings is 1. The minimum atomic E-state index is -3.88. The van der Waals surface area contributed by atoms with Crippen LogP contribution >= 0.6 is 0 Å². The van der Waals surface area contributed by atoms with Crippen LogP contribution in [0, 0.1) is 6.92 Å². The van der Waals surface area contributed by atoms with Gasteiger partial charge in [0.1, 0.15) is 6.10 Å². The lowest BCUT2D eigenvalue weighted by molar-refractivity contribution is -0.00771. The highest BCUT2D eigenvalue weighted by Crippen LogP contribution is 2.14. The molecule has 0 aliphatic rings. The average molecular weight is 274 g/mol. The van der Waals surface area contributed by atoms with E-state index in [1.54, 1.807) is 19.1 Å². The molecule has 0 saturated carbocycles. The van der Waals surface area contributed by atoms with E-state index >= 15 is 0 Å². The van der Waals surface area contributed by atoms with Crippen LogP contribution in [0.1, 0.15) is 18.9 Å². The summed E-state index contributed by atoms with van der Waals surface area (Å²) in [5.41, 5.74) is 0.940. The van der Waals surface area contributed by atoms with Crippen LogP contribution in [-0.2, 0) is 14.3 Å². The molecule has 0 spiro atoms. The van der Waals surface area contributed by atoms with Crippen molar-refractivity contribution in [3.63, 3.8) is 0 Å². The standard InChI is InChI=1S/C12H18O5S/c1-3-11(13)12(14)8-17-18(15,16)10-6-4-9(2)5-7-10/h4-7,11-14H,3,8H2,1-2H3/t11-,12+/m0/s1. The Morgan fingerprint density at radius 1 is 1.17 bits per heavy atom. The van der Waals surface area contributed by atoms with Gasteiger partial charge in [-0.1, -0.05) is 24.6 Å². The van der Waals surface area contributed by atoms with Crippen LogP contribution < -0.4 is 0 Å². The Morgan fingerprint density at radius 2 is 1.72 bits per heavy atom. The van der Waals surface area contributed by atoms with E-state index in [1.807, 2.05) is 6.92 Å². The zero-order valence-electron chi connectivity index (χ0n) is 10.4. The highest BCUT2D eigenvalue weighted by molar-refractivity contribution is 7.86. The topological polar surface area (TPSA) is 83.8 Å². The molecule has 18 heavy (non-hydrogen) atoms. The van der Waals surface area contributed by atoms with Gasteiger partial charge in [0.15, 0.2) is 0 Å². The molecule has 0 saturated heterocycles. The number of rotatable bonds is 6. The molecule has 0 aliphatic carbocycles. The van der Waals surface area contributed by atoms with Gasteiger partial charge in [0, 0.05) is 0 Å². The van der Waals surface area contributed by atoms with E-state index in [0.717, 1.165) is 5.56 Å². The molecular formula is C12H18O5S. The third-order valence-corrected chi connectivity index (χ3v) is 3.86. The van der Waals surface area contributed by atoms with Gasteiger partial charge in [-0.2, -0.15) is 8.42 Å². The monoisotopic (exact) mass is 274 g/mol. The lowest BCUT2D eigenvalue weighted by Crippen LogP contribution is -2.31. The van der Waals surface area contributed by atoms with E-state index in [-0.39, 0.29) is 4.90 Å². The molecule has 0 aliphatic heterocycles. The van der Waals surface area contributed by atoms with Crippen molar-refractivity contribution in [2.24, 2.45) is 0 Å². The Kier molecular flexibility index (Phi) is 5.28. The number of hydrogen-bond acceptors (Lipinski definition) is 5. The van der Waals surface area contributed by atoms with Gasteiger partial charge >= 0.3 is 0 Å². The van der Waals surface area contributed by atoms with Crippen LogP contribution in [0.15, 0.2) is 29.2 Å². The first kappa shape index (κ1) is 15.1. The molecular weight excluding hydrogens is 256 g/mol. The van der Waals surface area contributed by atoms with Gasteiger partial charge < -0.3 is 10.2 Å². The summed E-state index contributed by atoms with van der Waals surface area (Å²) in [5.74, 6) is 0. The summed E-state index contributed by atoms with van der Waals surface area (Å²) in [6, 6.07) is 6.20. The SMILES string of the molecule is CC[C@H](O)[C@H](O)COS(=O)(=O)c1ccc(C)cc1. The van der Waals surface area contributed by atoms with Gasteiger partial charge in [-0.15, -0.1) is 0 Å². The molecule has 1 aromatic carbocycles. The Morgan fingerprint density at radius 3 is 2.22 bits per heavy atom. The van der Waals surface area contributed by atoms with E-state index in [0.29, 0.717) is 6.42 Å². The second-order valence-electron chi connectivity index (χ2n) is 4.09. The fourth-order valence-electron chi connectivity index (χ4n) is 1.32. The van der Waals surface area contributed by atoms with E-state index in [4.69, 9.17) is 4.18 Å². The van der Waals surface area contributed by atoms with Crippen LogP contribution in [0.5, 0.6) is 0 Å². The minimum Gasteiger partial charge on any atom is -0.390 e. The fraction of sp³-hybridized carbons (Fsp3) is 0.500. The van der Waals surface area contributed by atoms with Crippen molar-refractivity contribution >= 4 is 10.1 Å². The predicted molar refractivity (Wildman–Crippen MR) is 66.6 cm³/mol. The number of aliphatic hydroxyl groups is 2. The normalized spacial score (nSPS) is 15.3. The number of aryl methyl sites for hydroxylation is 1. The summed E-state index contributed by atoms with van der Waals surface area (Å²) >= 11 is 0. The Hall–Kier alpha value is -0.950. The maximum absolute atomic E-state index is 11.7. The van der Waals surface area contributed by atoms with Crippen molar-refractivity contribution < 1.29 is 22.8 Å². The Bertz CT molecular complexity index is 466. The van der Waals surface area contributed by atoms with E-state index in [9.17, 15) is 18.6 Å². The maximum Gasteiger partial charge on any atom is 0.297 e. The van der Waals surface area contributed by atoms with Gasteiger partial charge in [-0.25, -0.2) is 0 Å². The summed E-state index contributed by atoms with van der Waals surface area (Å²) in [5, 5.41) is 18.7. The molecule has 2 N–H and O–H groups in total. The molecule has 1 aromatic rings. The first-order valence-corrected chi connectivity index (χ1v) is 7.10. The van der Waals surface area contributed by atoms with Crippen molar-refractivity contribution in [3.05, 3.63) is 29.8 Å². The molecule has 0 amide bonds. The molecule has 102 valence electrons. The van der Waals surface area contributed by atoms with Crippen molar-refractivity contribution in [1.82, 2.24) is 0 Å². The largest absolute Gasteiger partial charge is 0.390 e. The van der Waals surface area contributed by atoms with Crippen LogP contribution in [0.4, 0.5) is 0 Å². The first-order valence-electron chi connectivity index (χ1n) is 5.69. The molecule has 0 bridgehead atoms. The maximum atomic E-state index is 11.7. The van der Waals surface area contributed by atoms with Crippen molar-refractivity contribution in [2.45, 2.75) is 37.4 Å². The number of hydrogen-bond donors (Lipinski definition) is 2. The quantitative estimate of drug-likeness (QED) is 0.751. The van der Waals surface area contributed by atoms with Crippen LogP contribution in [0.25, 0.3) is 0 Å². The Labute approximate surface area is 107 Å². The zero-order chi connectivity index (χ0) is 13.8. The molecule has 0 aromatic heterocycles. The summed E-state index contributed by atoms with van der Waals surface area (Å²) in [4.78, 5) is 0.0336. The van der Waals surface area contributed by atoms with Crippen LogP contribution in [0.3, 0.4) is 0 Å². The smallest absolute Gasteiger partial charge is 0.297 e. The number of aliphatic hydroxyl groups excluding tert-OH is 2. The lowest BCUT2D eigenvalue weighted by Gasteiger charge is -2.15. The molecule has 0 radical (unpaired) electrons. The summed E-state index contributed by atoms with van der Waals surface area (Å²) in [6.45, 7) is 3.08.